The number of amides is 1. The number of nitrogens with zero attached hydrogens (tertiary/aromatic N) is 3. The summed E-state index contributed by atoms with van der Waals surface area (Å²) in [7, 11) is 0. The van der Waals surface area contributed by atoms with Crippen LogP contribution in [0.25, 0.3) is 0 Å². The number of primary amides is 1. The van der Waals surface area contributed by atoms with Crippen LogP contribution >= 0.6 is 11.3 Å². The van der Waals surface area contributed by atoms with E-state index < -0.39 is 11.9 Å². The second-order valence-corrected chi connectivity index (χ2v) is 6.99. The number of nitrogen functional groups attached to an aromatic ring is 1. The Bertz CT molecular complexity index is 970. The maximum atomic E-state index is 12.8. The van der Waals surface area contributed by atoms with Crippen LogP contribution in [0.1, 0.15) is 27.9 Å². The fourth-order valence-electron chi connectivity index (χ4n) is 2.54. The highest BCUT2D eigenvalue weighted by molar-refractivity contribution is 7.18. The first kappa shape index (κ1) is 18.5. The molecule has 138 valence electrons. The van der Waals surface area contributed by atoms with E-state index in [9.17, 15) is 9.59 Å². The van der Waals surface area contributed by atoms with Gasteiger partial charge in [-0.05, 0) is 26.0 Å². The molecule has 1 atom stereocenters. The molecule has 0 fully saturated rings. The zero-order chi connectivity index (χ0) is 19.6. The Labute approximate surface area is 160 Å². The van der Waals surface area contributed by atoms with Crippen LogP contribution in [0.5, 0.6) is 0 Å². The van der Waals surface area contributed by atoms with Gasteiger partial charge in [0.2, 0.25) is 11.7 Å². The van der Waals surface area contributed by atoms with E-state index in [1.165, 1.54) is 0 Å². The summed E-state index contributed by atoms with van der Waals surface area (Å²) < 4.78 is 0. The van der Waals surface area contributed by atoms with Crippen molar-refractivity contribution in [1.82, 2.24) is 9.97 Å². The van der Waals surface area contributed by atoms with Gasteiger partial charge in [-0.15, -0.1) is 0 Å². The van der Waals surface area contributed by atoms with Gasteiger partial charge >= 0.3 is 0 Å². The number of pyridine rings is 1. The molecule has 1 aromatic carbocycles. The number of aryl methyl sites for hydroxylation is 1. The van der Waals surface area contributed by atoms with Crippen molar-refractivity contribution in [3.8, 4) is 0 Å². The van der Waals surface area contributed by atoms with Crippen molar-refractivity contribution < 1.29 is 9.59 Å². The molecular formula is C19H19N5O2S. The molecule has 7 nitrogen and oxygen atoms in total. The minimum Gasteiger partial charge on any atom is -0.382 e. The molecule has 3 aromatic rings. The molecular weight excluding hydrogens is 362 g/mol. The Kier molecular flexibility index (Phi) is 5.18. The van der Waals surface area contributed by atoms with Crippen molar-refractivity contribution in [2.45, 2.75) is 19.9 Å². The number of hydrogen-bond donors (Lipinski definition) is 2. The molecule has 0 aliphatic carbocycles. The van der Waals surface area contributed by atoms with Crippen molar-refractivity contribution in [3.05, 3.63) is 64.8 Å². The average Bonchev–Trinajstić information content (AvgIpc) is 3.04. The van der Waals surface area contributed by atoms with Gasteiger partial charge in [-0.1, -0.05) is 41.7 Å². The number of nitrogens with two attached hydrogens (primary N) is 2. The second kappa shape index (κ2) is 7.55. The first-order valence-electron chi connectivity index (χ1n) is 8.25. The number of anilines is 3. The molecule has 0 bridgehead atoms. The number of benzene rings is 1. The minimum atomic E-state index is -0.695. The summed E-state index contributed by atoms with van der Waals surface area (Å²) in [5.74, 6) is -0.628. The van der Waals surface area contributed by atoms with E-state index in [-0.39, 0.29) is 11.6 Å². The van der Waals surface area contributed by atoms with Gasteiger partial charge in [0.25, 0.3) is 0 Å². The predicted molar refractivity (Wildman–Crippen MR) is 106 cm³/mol. The van der Waals surface area contributed by atoms with Crippen molar-refractivity contribution in [1.29, 1.82) is 0 Å². The molecule has 0 saturated heterocycles. The van der Waals surface area contributed by atoms with E-state index in [1.54, 1.807) is 42.3 Å². The topological polar surface area (TPSA) is 115 Å². The maximum Gasteiger partial charge on any atom is 0.240 e. The first-order chi connectivity index (χ1) is 12.9. The zero-order valence-corrected chi connectivity index (χ0v) is 15.7. The van der Waals surface area contributed by atoms with E-state index in [2.05, 4.69) is 9.97 Å². The Morgan fingerprint density at radius 3 is 2.44 bits per heavy atom. The highest BCUT2D eigenvalue weighted by atomic mass is 32.1. The molecule has 2 aromatic heterocycles. The van der Waals surface area contributed by atoms with Crippen molar-refractivity contribution in [2.75, 3.05) is 10.6 Å². The van der Waals surface area contributed by atoms with Crippen LogP contribution in [0, 0.1) is 6.92 Å². The lowest BCUT2D eigenvalue weighted by atomic mass is 10.1. The summed E-state index contributed by atoms with van der Waals surface area (Å²) in [6.07, 6.45) is 1.63. The van der Waals surface area contributed by atoms with Crippen LogP contribution < -0.4 is 16.4 Å². The molecule has 0 aliphatic rings. The lowest BCUT2D eigenvalue weighted by molar-refractivity contribution is -0.118. The van der Waals surface area contributed by atoms with Gasteiger partial charge in [-0.25, -0.2) is 4.98 Å². The van der Waals surface area contributed by atoms with Crippen molar-refractivity contribution in [2.24, 2.45) is 5.73 Å². The van der Waals surface area contributed by atoms with Crippen LogP contribution in [0.4, 0.5) is 16.6 Å². The van der Waals surface area contributed by atoms with Gasteiger partial charge in [0.15, 0.2) is 5.13 Å². The van der Waals surface area contributed by atoms with Gasteiger partial charge in [-0.2, -0.15) is 0 Å². The SMILES string of the molecule is Cc1ccc(N(c2nc(N)c(C(=O)c3ccccc3)s2)[C@H](C)C(N)=O)cn1. The molecule has 0 unspecified atom stereocenters. The summed E-state index contributed by atoms with van der Waals surface area (Å²) in [6.45, 7) is 3.53. The average molecular weight is 381 g/mol. The fourth-order valence-corrected chi connectivity index (χ4v) is 3.59. The van der Waals surface area contributed by atoms with Crippen LogP contribution in [-0.4, -0.2) is 27.7 Å². The Hall–Kier alpha value is -3.26. The standard InChI is InChI=1S/C19H19N5O2S/c1-11-8-9-14(10-22-11)24(12(2)18(21)26)19-23-17(20)16(27-19)15(25)13-6-4-3-5-7-13/h3-10,12H,20H2,1-2H3,(H2,21,26)/t12-/m1/s1. The van der Waals surface area contributed by atoms with Crippen LogP contribution in [0.2, 0.25) is 0 Å². The molecule has 0 spiro atoms. The summed E-state index contributed by atoms with van der Waals surface area (Å²) in [6, 6.07) is 11.8. The number of hydrogen-bond acceptors (Lipinski definition) is 7. The number of rotatable bonds is 6. The third-order valence-corrected chi connectivity index (χ3v) is 5.13. The highest BCUT2D eigenvalue weighted by Gasteiger charge is 2.27. The molecule has 0 radical (unpaired) electrons. The van der Waals surface area contributed by atoms with Gasteiger partial charge in [0, 0.05) is 11.3 Å². The number of ketones is 1. The number of thiazole rings is 1. The molecule has 27 heavy (non-hydrogen) atoms. The molecule has 1 amide bonds. The van der Waals surface area contributed by atoms with Gasteiger partial charge < -0.3 is 16.4 Å². The molecule has 2 heterocycles. The number of carbonyl (C=O) groups is 2. The van der Waals surface area contributed by atoms with Crippen LogP contribution in [-0.2, 0) is 4.79 Å². The smallest absolute Gasteiger partial charge is 0.240 e. The first-order valence-corrected chi connectivity index (χ1v) is 9.07. The molecule has 8 heteroatoms. The monoisotopic (exact) mass is 381 g/mol. The summed E-state index contributed by atoms with van der Waals surface area (Å²) >= 11 is 1.12. The summed E-state index contributed by atoms with van der Waals surface area (Å²) in [5.41, 5.74) is 13.5. The highest BCUT2D eigenvalue weighted by Crippen LogP contribution is 2.35. The maximum absolute atomic E-state index is 12.8. The third-order valence-electron chi connectivity index (χ3n) is 4.06. The van der Waals surface area contributed by atoms with E-state index in [4.69, 9.17) is 11.5 Å². The van der Waals surface area contributed by atoms with Crippen LogP contribution in [0.15, 0.2) is 48.7 Å². The Morgan fingerprint density at radius 1 is 1.15 bits per heavy atom. The fraction of sp³-hybridized carbons (Fsp3) is 0.158. The van der Waals surface area contributed by atoms with Gasteiger partial charge in [0.05, 0.1) is 11.9 Å². The van der Waals surface area contributed by atoms with E-state index in [0.29, 0.717) is 21.3 Å². The minimum absolute atomic E-state index is 0.116. The second-order valence-electron chi connectivity index (χ2n) is 6.01. The van der Waals surface area contributed by atoms with E-state index in [0.717, 1.165) is 17.0 Å². The molecule has 3 rings (SSSR count). The zero-order valence-electron chi connectivity index (χ0n) is 14.9. The lowest BCUT2D eigenvalue weighted by Crippen LogP contribution is -2.40. The number of aromatic nitrogens is 2. The third kappa shape index (κ3) is 3.80. The van der Waals surface area contributed by atoms with E-state index in [1.807, 2.05) is 25.1 Å². The molecule has 0 aliphatic heterocycles. The largest absolute Gasteiger partial charge is 0.382 e. The summed E-state index contributed by atoms with van der Waals surface area (Å²) in [5, 5.41) is 0.406. The van der Waals surface area contributed by atoms with Gasteiger partial charge in [0.1, 0.15) is 16.7 Å². The quantitative estimate of drug-likeness (QED) is 0.634. The normalized spacial score (nSPS) is 11.8. The Balaban J connectivity index is 2.04. The molecule has 0 saturated carbocycles. The van der Waals surface area contributed by atoms with Crippen LogP contribution in [0.3, 0.4) is 0 Å². The van der Waals surface area contributed by atoms with E-state index >= 15 is 0 Å². The van der Waals surface area contributed by atoms with Crippen molar-refractivity contribution in [3.63, 3.8) is 0 Å². The lowest BCUT2D eigenvalue weighted by Gasteiger charge is -2.26. The molecule has 4 N–H and O–H groups in total. The summed E-state index contributed by atoms with van der Waals surface area (Å²) in [4.78, 5) is 35.1. The predicted octanol–water partition coefficient (Wildman–Crippen LogP) is 2.67. The Morgan fingerprint density at radius 2 is 1.85 bits per heavy atom. The number of carbonyl (C=O) groups excluding carboxylic acids is 2. The van der Waals surface area contributed by atoms with Crippen molar-refractivity contribution >= 4 is 39.7 Å². The van der Waals surface area contributed by atoms with Gasteiger partial charge in [-0.3, -0.25) is 14.6 Å².